The summed E-state index contributed by atoms with van der Waals surface area (Å²) >= 11 is 1.76. The quantitative estimate of drug-likeness (QED) is 0.580. The molecule has 2 aliphatic heterocycles. The molecule has 0 bridgehead atoms. The largest absolute Gasteiger partial charge is 0.376 e. The van der Waals surface area contributed by atoms with E-state index in [9.17, 15) is 14.4 Å². The summed E-state index contributed by atoms with van der Waals surface area (Å²) < 4.78 is 0. The number of thioether (sulfide) groups is 1. The van der Waals surface area contributed by atoms with Gasteiger partial charge < -0.3 is 9.74 Å². The highest BCUT2D eigenvalue weighted by molar-refractivity contribution is 7.99. The number of nitrogens with zero attached hydrogens (tertiary/aromatic N) is 3. The van der Waals surface area contributed by atoms with Gasteiger partial charge in [0.25, 0.3) is 11.8 Å². The van der Waals surface area contributed by atoms with E-state index in [-0.39, 0.29) is 11.4 Å². The Bertz CT molecular complexity index is 1030. The molecule has 0 atom stereocenters. The van der Waals surface area contributed by atoms with Crippen LogP contribution in [-0.4, -0.2) is 53.0 Å². The van der Waals surface area contributed by atoms with Crippen LogP contribution < -0.4 is 10.6 Å². The summed E-state index contributed by atoms with van der Waals surface area (Å²) in [5.74, 6) is -0.0162. The zero-order chi connectivity index (χ0) is 21.6. The number of rotatable bonds is 4. The monoisotopic (exact) mass is 436 g/mol. The van der Waals surface area contributed by atoms with Gasteiger partial charge in [0.05, 0.1) is 5.69 Å². The van der Waals surface area contributed by atoms with Gasteiger partial charge in [0.2, 0.25) is 0 Å². The molecule has 8 nitrogen and oxygen atoms in total. The van der Waals surface area contributed by atoms with Gasteiger partial charge in [-0.15, -0.1) is 0 Å². The molecular formula is C22H20N4O4S. The standard InChI is InChI=1S/C22H20N4O4S/c27-20(16-7-3-1-4-8-16)23-18(21(28)25-11-13-31-14-12-25)15-19-22(29)30-24-26(19)17-9-5-2-6-10-17/h1-10,15,24H,11-14H2/b19-15+,23-18?. The molecule has 9 heteroatoms. The van der Waals surface area contributed by atoms with Gasteiger partial charge in [0, 0.05) is 36.2 Å². The van der Waals surface area contributed by atoms with Crippen LogP contribution in [0, 0.1) is 0 Å². The van der Waals surface area contributed by atoms with Crippen molar-refractivity contribution < 1.29 is 19.2 Å². The predicted octanol–water partition coefficient (Wildman–Crippen LogP) is 2.21. The second-order valence-electron chi connectivity index (χ2n) is 6.75. The SMILES string of the molecule is O=C1ONN(c2ccccc2)/C1=C/C(=NC(=O)c1ccccc1)C(=O)N1CCSCC1. The van der Waals surface area contributed by atoms with E-state index >= 15 is 0 Å². The van der Waals surface area contributed by atoms with Crippen molar-refractivity contribution in [2.75, 3.05) is 29.6 Å². The van der Waals surface area contributed by atoms with Crippen molar-refractivity contribution in [2.24, 2.45) is 4.99 Å². The zero-order valence-corrected chi connectivity index (χ0v) is 17.4. The molecule has 2 aromatic rings. The molecular weight excluding hydrogens is 416 g/mol. The molecule has 2 aromatic carbocycles. The van der Waals surface area contributed by atoms with Crippen molar-refractivity contribution in [3.63, 3.8) is 0 Å². The van der Waals surface area contributed by atoms with Crippen LogP contribution in [0.5, 0.6) is 0 Å². The molecule has 2 amide bonds. The Balaban J connectivity index is 1.72. The van der Waals surface area contributed by atoms with E-state index in [0.717, 1.165) is 11.5 Å². The van der Waals surface area contributed by atoms with Crippen molar-refractivity contribution in [3.8, 4) is 0 Å². The van der Waals surface area contributed by atoms with Crippen LogP contribution >= 0.6 is 11.8 Å². The molecule has 0 unspecified atom stereocenters. The lowest BCUT2D eigenvalue weighted by Gasteiger charge is -2.26. The minimum absolute atomic E-state index is 0.0607. The van der Waals surface area contributed by atoms with Gasteiger partial charge in [-0.05, 0) is 24.3 Å². The summed E-state index contributed by atoms with van der Waals surface area (Å²) in [4.78, 5) is 49.0. The maximum Gasteiger partial charge on any atom is 0.376 e. The van der Waals surface area contributed by atoms with Crippen LogP contribution in [0.4, 0.5) is 5.69 Å². The van der Waals surface area contributed by atoms with Gasteiger partial charge in [-0.25, -0.2) is 14.8 Å². The van der Waals surface area contributed by atoms with Crippen LogP contribution in [-0.2, 0) is 14.4 Å². The molecule has 158 valence electrons. The van der Waals surface area contributed by atoms with E-state index in [2.05, 4.69) is 10.6 Å². The molecule has 4 rings (SSSR count). The first kappa shape index (κ1) is 20.8. The Labute approximate surface area is 183 Å². The van der Waals surface area contributed by atoms with Crippen molar-refractivity contribution in [2.45, 2.75) is 0 Å². The zero-order valence-electron chi connectivity index (χ0n) is 16.6. The molecule has 2 fully saturated rings. The average molecular weight is 436 g/mol. The molecule has 0 spiro atoms. The van der Waals surface area contributed by atoms with Crippen molar-refractivity contribution in [1.29, 1.82) is 0 Å². The molecule has 0 aromatic heterocycles. The fourth-order valence-electron chi connectivity index (χ4n) is 3.13. The maximum atomic E-state index is 13.2. The van der Waals surface area contributed by atoms with E-state index in [1.165, 1.54) is 11.1 Å². The van der Waals surface area contributed by atoms with E-state index in [1.54, 1.807) is 59.1 Å². The molecule has 2 saturated heterocycles. The Morgan fingerprint density at radius 3 is 2.32 bits per heavy atom. The molecule has 0 saturated carbocycles. The third-order valence-electron chi connectivity index (χ3n) is 4.73. The number of nitrogens with one attached hydrogen (secondary N) is 1. The number of hydrazine groups is 1. The number of anilines is 1. The van der Waals surface area contributed by atoms with E-state index in [4.69, 9.17) is 4.84 Å². The summed E-state index contributed by atoms with van der Waals surface area (Å²) in [6.07, 6.45) is 1.31. The smallest absolute Gasteiger partial charge is 0.345 e. The fraction of sp³-hybridized carbons (Fsp3) is 0.182. The topological polar surface area (TPSA) is 91.3 Å². The minimum Gasteiger partial charge on any atom is -0.345 e. The van der Waals surface area contributed by atoms with E-state index in [1.807, 2.05) is 18.2 Å². The first-order valence-electron chi connectivity index (χ1n) is 9.72. The maximum absolute atomic E-state index is 13.2. The van der Waals surface area contributed by atoms with Gasteiger partial charge in [-0.1, -0.05) is 42.0 Å². The highest BCUT2D eigenvalue weighted by atomic mass is 32.2. The second kappa shape index (κ2) is 9.59. The Morgan fingerprint density at radius 2 is 1.65 bits per heavy atom. The third kappa shape index (κ3) is 4.84. The van der Waals surface area contributed by atoms with Crippen LogP contribution in [0.3, 0.4) is 0 Å². The van der Waals surface area contributed by atoms with Crippen LogP contribution in [0.1, 0.15) is 10.4 Å². The Morgan fingerprint density at radius 1 is 1.00 bits per heavy atom. The van der Waals surface area contributed by atoms with Gasteiger partial charge in [0.15, 0.2) is 5.70 Å². The van der Waals surface area contributed by atoms with Gasteiger partial charge in [-0.3, -0.25) is 9.59 Å². The summed E-state index contributed by atoms with van der Waals surface area (Å²) in [7, 11) is 0. The molecule has 0 aliphatic carbocycles. The first-order chi connectivity index (χ1) is 15.1. The summed E-state index contributed by atoms with van der Waals surface area (Å²) in [5.41, 5.74) is 3.46. The fourth-order valence-corrected chi connectivity index (χ4v) is 4.03. The van der Waals surface area contributed by atoms with E-state index in [0.29, 0.717) is 24.3 Å². The first-order valence-corrected chi connectivity index (χ1v) is 10.9. The Hall–Kier alpha value is -3.43. The van der Waals surface area contributed by atoms with Crippen molar-refractivity contribution in [1.82, 2.24) is 10.5 Å². The van der Waals surface area contributed by atoms with Crippen molar-refractivity contribution >= 4 is 40.9 Å². The minimum atomic E-state index is -0.675. The van der Waals surface area contributed by atoms with Crippen LogP contribution in [0.15, 0.2) is 77.4 Å². The normalized spacial score (nSPS) is 18.3. The number of amides is 2. The molecule has 2 heterocycles. The molecule has 31 heavy (non-hydrogen) atoms. The summed E-state index contributed by atoms with van der Waals surface area (Å²) in [6, 6.07) is 17.5. The highest BCUT2D eigenvalue weighted by Gasteiger charge is 2.31. The van der Waals surface area contributed by atoms with Gasteiger partial charge in [-0.2, -0.15) is 11.8 Å². The lowest BCUT2D eigenvalue weighted by Crippen LogP contribution is -2.42. The summed E-state index contributed by atoms with van der Waals surface area (Å²) in [6.45, 7) is 1.10. The van der Waals surface area contributed by atoms with Gasteiger partial charge >= 0.3 is 5.97 Å². The highest BCUT2D eigenvalue weighted by Crippen LogP contribution is 2.22. The number of aliphatic imine (C=N–C) groups is 1. The third-order valence-corrected chi connectivity index (χ3v) is 5.67. The Kier molecular flexibility index (Phi) is 6.44. The molecule has 2 aliphatic rings. The number of hydrogen-bond acceptors (Lipinski definition) is 7. The van der Waals surface area contributed by atoms with E-state index < -0.39 is 17.8 Å². The molecule has 1 N–H and O–H groups in total. The van der Waals surface area contributed by atoms with Crippen molar-refractivity contribution in [3.05, 3.63) is 78.0 Å². The lowest BCUT2D eigenvalue weighted by atomic mass is 10.2. The van der Waals surface area contributed by atoms with Crippen LogP contribution in [0.2, 0.25) is 0 Å². The second-order valence-corrected chi connectivity index (χ2v) is 7.98. The number of carbonyl (C=O) groups is 3. The van der Waals surface area contributed by atoms with Gasteiger partial charge in [0.1, 0.15) is 5.71 Å². The van der Waals surface area contributed by atoms with Crippen LogP contribution in [0.25, 0.3) is 0 Å². The average Bonchev–Trinajstić information content (AvgIpc) is 3.19. The predicted molar refractivity (Wildman–Crippen MR) is 118 cm³/mol. The lowest BCUT2D eigenvalue weighted by molar-refractivity contribution is -0.140. The summed E-state index contributed by atoms with van der Waals surface area (Å²) in [5, 5.41) is 1.41. The number of carbonyl (C=O) groups excluding carboxylic acids is 3. The number of para-hydroxylation sites is 1. The molecule has 0 radical (unpaired) electrons. The number of hydrogen-bond donors (Lipinski definition) is 1. The number of benzene rings is 2.